The van der Waals surface area contributed by atoms with Crippen molar-refractivity contribution in [1.29, 1.82) is 0 Å². The van der Waals surface area contributed by atoms with Crippen molar-refractivity contribution in [3.63, 3.8) is 0 Å². The molecule has 3 rings (SSSR count). The fourth-order valence-electron chi connectivity index (χ4n) is 2.96. The van der Waals surface area contributed by atoms with E-state index in [0.29, 0.717) is 5.65 Å². The Labute approximate surface area is 127 Å². The van der Waals surface area contributed by atoms with Crippen molar-refractivity contribution in [2.24, 2.45) is 0 Å². The largest absolute Gasteiger partial charge is 0.493 e. The van der Waals surface area contributed by atoms with Gasteiger partial charge in [-0.15, -0.1) is 0 Å². The first-order valence-electron chi connectivity index (χ1n) is 7.68. The van der Waals surface area contributed by atoms with Gasteiger partial charge in [0.1, 0.15) is 5.65 Å². The van der Waals surface area contributed by atoms with Crippen LogP contribution in [0.25, 0.3) is 5.65 Å². The fourth-order valence-corrected chi connectivity index (χ4v) is 2.96. The molecule has 1 aliphatic rings. The molecular formula is C16H19N3O3. The summed E-state index contributed by atoms with van der Waals surface area (Å²) < 4.78 is 1.27. The molecule has 0 unspecified atom stereocenters. The van der Waals surface area contributed by atoms with Crippen molar-refractivity contribution in [3.8, 4) is 5.88 Å². The van der Waals surface area contributed by atoms with E-state index >= 15 is 0 Å². The lowest BCUT2D eigenvalue weighted by molar-refractivity contribution is 0.0928. The van der Waals surface area contributed by atoms with Crippen molar-refractivity contribution in [3.05, 3.63) is 40.3 Å². The maximum absolute atomic E-state index is 12.4. The quantitative estimate of drug-likeness (QED) is 0.829. The zero-order valence-electron chi connectivity index (χ0n) is 12.3. The molecule has 1 aliphatic carbocycles. The van der Waals surface area contributed by atoms with E-state index in [2.05, 4.69) is 10.3 Å². The van der Waals surface area contributed by atoms with Crippen LogP contribution in [-0.4, -0.2) is 26.4 Å². The second-order valence-electron chi connectivity index (χ2n) is 5.71. The maximum atomic E-state index is 12.4. The van der Waals surface area contributed by atoms with E-state index in [-0.39, 0.29) is 11.6 Å². The van der Waals surface area contributed by atoms with Crippen LogP contribution in [-0.2, 0) is 0 Å². The number of hydrogen-bond acceptors (Lipinski definition) is 4. The zero-order chi connectivity index (χ0) is 15.5. The summed E-state index contributed by atoms with van der Waals surface area (Å²) in [7, 11) is 0. The summed E-state index contributed by atoms with van der Waals surface area (Å²) in [6.45, 7) is 0. The highest BCUT2D eigenvalue weighted by molar-refractivity contribution is 5.96. The standard InChI is InChI=1S/C16H19N3O3/c20-14(17-11-7-3-1-2-4-8-11)13-15(21)18-12-9-5-6-10-19(12)16(13)22/h5-6,9-11,21H,1-4,7-8H2,(H,17,20). The predicted octanol–water partition coefficient (Wildman–Crippen LogP) is 1.85. The van der Waals surface area contributed by atoms with Gasteiger partial charge in [-0.3, -0.25) is 14.0 Å². The van der Waals surface area contributed by atoms with E-state index in [1.165, 1.54) is 23.4 Å². The molecule has 0 aromatic carbocycles. The number of aromatic hydroxyl groups is 1. The molecule has 2 aromatic heterocycles. The molecule has 116 valence electrons. The minimum atomic E-state index is -0.547. The third-order valence-corrected chi connectivity index (χ3v) is 4.13. The highest BCUT2D eigenvalue weighted by Gasteiger charge is 2.22. The van der Waals surface area contributed by atoms with Gasteiger partial charge in [0.05, 0.1) is 0 Å². The molecule has 1 fully saturated rings. The second kappa shape index (κ2) is 6.17. The Morgan fingerprint density at radius 3 is 2.68 bits per heavy atom. The van der Waals surface area contributed by atoms with Crippen molar-refractivity contribution in [1.82, 2.24) is 14.7 Å². The average molecular weight is 301 g/mol. The average Bonchev–Trinajstić information content (AvgIpc) is 2.76. The summed E-state index contributed by atoms with van der Waals surface area (Å²) in [4.78, 5) is 28.7. The Morgan fingerprint density at radius 2 is 1.95 bits per heavy atom. The Balaban J connectivity index is 1.91. The molecule has 22 heavy (non-hydrogen) atoms. The Bertz CT molecular complexity index is 746. The monoisotopic (exact) mass is 301 g/mol. The number of hydrogen-bond donors (Lipinski definition) is 2. The summed E-state index contributed by atoms with van der Waals surface area (Å²) in [5.74, 6) is -1.05. The molecule has 6 nitrogen and oxygen atoms in total. The van der Waals surface area contributed by atoms with Crippen LogP contribution in [0, 0.1) is 0 Å². The van der Waals surface area contributed by atoms with Crippen LogP contribution in [0.15, 0.2) is 29.2 Å². The molecule has 2 heterocycles. The number of nitrogens with one attached hydrogen (secondary N) is 1. The number of carbonyl (C=O) groups is 1. The van der Waals surface area contributed by atoms with Crippen LogP contribution in [0.2, 0.25) is 0 Å². The van der Waals surface area contributed by atoms with E-state index < -0.39 is 17.3 Å². The molecular weight excluding hydrogens is 282 g/mol. The number of amides is 1. The molecule has 0 spiro atoms. The number of rotatable bonds is 2. The smallest absolute Gasteiger partial charge is 0.274 e. The van der Waals surface area contributed by atoms with Crippen LogP contribution in [0.4, 0.5) is 0 Å². The lowest BCUT2D eigenvalue weighted by atomic mass is 10.1. The first kappa shape index (κ1) is 14.6. The van der Waals surface area contributed by atoms with E-state index in [1.807, 2.05) is 0 Å². The van der Waals surface area contributed by atoms with E-state index in [4.69, 9.17) is 0 Å². The van der Waals surface area contributed by atoms with Gasteiger partial charge in [0, 0.05) is 12.2 Å². The van der Waals surface area contributed by atoms with Crippen LogP contribution in [0.1, 0.15) is 48.9 Å². The van der Waals surface area contributed by atoms with Gasteiger partial charge < -0.3 is 10.4 Å². The third-order valence-electron chi connectivity index (χ3n) is 4.13. The van der Waals surface area contributed by atoms with Gasteiger partial charge in [0.25, 0.3) is 11.5 Å². The minimum Gasteiger partial charge on any atom is -0.493 e. The van der Waals surface area contributed by atoms with Crippen LogP contribution in [0.3, 0.4) is 0 Å². The zero-order valence-corrected chi connectivity index (χ0v) is 12.3. The number of aromatic nitrogens is 2. The molecule has 6 heteroatoms. The molecule has 1 saturated carbocycles. The van der Waals surface area contributed by atoms with Crippen molar-refractivity contribution >= 4 is 11.6 Å². The molecule has 2 aromatic rings. The topological polar surface area (TPSA) is 83.7 Å². The minimum absolute atomic E-state index is 0.0604. The van der Waals surface area contributed by atoms with Crippen molar-refractivity contribution < 1.29 is 9.90 Å². The van der Waals surface area contributed by atoms with E-state index in [1.54, 1.807) is 18.2 Å². The van der Waals surface area contributed by atoms with Gasteiger partial charge in [-0.05, 0) is 25.0 Å². The van der Waals surface area contributed by atoms with E-state index in [0.717, 1.165) is 25.7 Å². The highest BCUT2D eigenvalue weighted by atomic mass is 16.3. The van der Waals surface area contributed by atoms with Gasteiger partial charge in [-0.2, -0.15) is 4.98 Å². The van der Waals surface area contributed by atoms with Gasteiger partial charge in [0.2, 0.25) is 5.88 Å². The first-order chi connectivity index (χ1) is 10.7. The molecule has 0 radical (unpaired) electrons. The molecule has 1 amide bonds. The SMILES string of the molecule is O=C(NC1CCCCCC1)c1c(O)nc2ccccn2c1=O. The lowest BCUT2D eigenvalue weighted by Crippen LogP contribution is -2.38. The molecule has 0 aliphatic heterocycles. The van der Waals surface area contributed by atoms with E-state index in [9.17, 15) is 14.7 Å². The predicted molar refractivity (Wildman–Crippen MR) is 82.1 cm³/mol. The van der Waals surface area contributed by atoms with Gasteiger partial charge in [-0.1, -0.05) is 31.7 Å². The van der Waals surface area contributed by atoms with Gasteiger partial charge >= 0.3 is 0 Å². The summed E-state index contributed by atoms with van der Waals surface area (Å²) in [5.41, 5.74) is -0.516. The Kier molecular flexibility index (Phi) is 4.09. The highest BCUT2D eigenvalue weighted by Crippen LogP contribution is 2.18. The Morgan fingerprint density at radius 1 is 1.23 bits per heavy atom. The summed E-state index contributed by atoms with van der Waals surface area (Å²) >= 11 is 0. The number of pyridine rings is 1. The number of carbonyl (C=O) groups excluding carboxylic acids is 1. The normalized spacial score (nSPS) is 16.4. The molecule has 2 N–H and O–H groups in total. The van der Waals surface area contributed by atoms with Gasteiger partial charge in [-0.25, -0.2) is 0 Å². The second-order valence-corrected chi connectivity index (χ2v) is 5.71. The molecule has 0 bridgehead atoms. The Hall–Kier alpha value is -2.37. The van der Waals surface area contributed by atoms with Gasteiger partial charge in [0.15, 0.2) is 5.56 Å². The lowest BCUT2D eigenvalue weighted by Gasteiger charge is -2.16. The molecule has 0 atom stereocenters. The third kappa shape index (κ3) is 2.81. The summed E-state index contributed by atoms with van der Waals surface area (Å²) in [6.07, 6.45) is 7.86. The van der Waals surface area contributed by atoms with Crippen molar-refractivity contribution in [2.75, 3.05) is 0 Å². The van der Waals surface area contributed by atoms with Crippen LogP contribution >= 0.6 is 0 Å². The van der Waals surface area contributed by atoms with Crippen LogP contribution in [0.5, 0.6) is 5.88 Å². The number of nitrogens with zero attached hydrogens (tertiary/aromatic N) is 2. The number of fused-ring (bicyclic) bond motifs is 1. The molecule has 0 saturated heterocycles. The summed E-state index contributed by atoms with van der Waals surface area (Å²) in [6, 6.07) is 5.06. The van der Waals surface area contributed by atoms with Crippen LogP contribution < -0.4 is 10.9 Å². The summed E-state index contributed by atoms with van der Waals surface area (Å²) in [5, 5.41) is 12.8. The maximum Gasteiger partial charge on any atom is 0.274 e. The van der Waals surface area contributed by atoms with Crippen molar-refractivity contribution in [2.45, 2.75) is 44.6 Å². The first-order valence-corrected chi connectivity index (χ1v) is 7.68. The fraction of sp³-hybridized carbons (Fsp3) is 0.438.